The Morgan fingerprint density at radius 1 is 1.21 bits per heavy atom. The van der Waals surface area contributed by atoms with Gasteiger partial charge in [0.05, 0.1) is 4.90 Å². The number of rotatable bonds is 4. The summed E-state index contributed by atoms with van der Waals surface area (Å²) in [7, 11) is -0.674. The molecule has 0 spiro atoms. The smallest absolute Gasteiger partial charge is 0.275 e. The molecule has 0 saturated carbocycles. The largest absolute Gasteiger partial charge is 0.445 e. The summed E-state index contributed by atoms with van der Waals surface area (Å²) in [5, 5.41) is 0. The minimum atomic E-state index is -3.92. The second-order valence-corrected chi connectivity index (χ2v) is 8.85. The Kier molecular flexibility index (Phi) is 5.53. The molecule has 0 aliphatic carbocycles. The van der Waals surface area contributed by atoms with Crippen LogP contribution < -0.4 is 0 Å². The lowest BCUT2D eigenvalue weighted by Gasteiger charge is -2.29. The van der Waals surface area contributed by atoms with Crippen molar-refractivity contribution in [3.8, 4) is 0 Å². The number of piperidine rings is 1. The fraction of sp³-hybridized carbons (Fsp3) is 0.444. The first kappa shape index (κ1) is 20.4. The Morgan fingerprint density at radius 3 is 2.43 bits per heavy atom. The standard InChI is InChI=1S/C18H21F2N3O4S/c1-11-16(18(24)22(2)3)21-17(27-11)12-6-8-23(9-7-12)28(25,26)13-4-5-14(19)15(20)10-13/h4-5,10,12H,6-9H2,1-3H3. The lowest BCUT2D eigenvalue weighted by Crippen LogP contribution is -2.38. The molecule has 10 heteroatoms. The minimum absolute atomic E-state index is 0.126. The van der Waals surface area contributed by atoms with Crippen molar-refractivity contribution in [1.29, 1.82) is 0 Å². The molecule has 2 aromatic rings. The first-order valence-electron chi connectivity index (χ1n) is 8.75. The Balaban J connectivity index is 1.73. The predicted octanol–water partition coefficient (Wildman–Crippen LogP) is 2.53. The first-order chi connectivity index (χ1) is 13.1. The van der Waals surface area contributed by atoms with Crippen molar-refractivity contribution in [3.63, 3.8) is 0 Å². The quantitative estimate of drug-likeness (QED) is 0.769. The highest BCUT2D eigenvalue weighted by Gasteiger charge is 2.33. The van der Waals surface area contributed by atoms with Gasteiger partial charge < -0.3 is 9.32 Å². The average molecular weight is 413 g/mol. The zero-order valence-electron chi connectivity index (χ0n) is 15.8. The molecule has 0 atom stereocenters. The maximum absolute atomic E-state index is 13.4. The van der Waals surface area contributed by atoms with Gasteiger partial charge in [-0.1, -0.05) is 0 Å². The summed E-state index contributed by atoms with van der Waals surface area (Å²) in [6.07, 6.45) is 0.886. The van der Waals surface area contributed by atoms with E-state index in [-0.39, 0.29) is 35.5 Å². The molecule has 1 amide bonds. The van der Waals surface area contributed by atoms with E-state index in [2.05, 4.69) is 4.98 Å². The van der Waals surface area contributed by atoms with Gasteiger partial charge in [0.2, 0.25) is 10.0 Å². The fourth-order valence-corrected chi connectivity index (χ4v) is 4.61. The highest BCUT2D eigenvalue weighted by atomic mass is 32.2. The number of oxazole rings is 1. The van der Waals surface area contributed by atoms with Crippen LogP contribution in [0.15, 0.2) is 27.5 Å². The van der Waals surface area contributed by atoms with Crippen molar-refractivity contribution in [2.75, 3.05) is 27.2 Å². The second-order valence-electron chi connectivity index (χ2n) is 6.91. The zero-order chi connectivity index (χ0) is 20.6. The molecule has 1 aromatic carbocycles. The van der Waals surface area contributed by atoms with E-state index >= 15 is 0 Å². The molecule has 3 rings (SSSR count). The lowest BCUT2D eigenvalue weighted by atomic mass is 9.98. The molecule has 0 radical (unpaired) electrons. The molecule has 1 fully saturated rings. The van der Waals surface area contributed by atoms with E-state index < -0.39 is 21.7 Å². The van der Waals surface area contributed by atoms with Gasteiger partial charge in [0.25, 0.3) is 5.91 Å². The van der Waals surface area contributed by atoms with Crippen LogP contribution in [0.2, 0.25) is 0 Å². The van der Waals surface area contributed by atoms with Gasteiger partial charge in [-0.3, -0.25) is 4.79 Å². The zero-order valence-corrected chi connectivity index (χ0v) is 16.6. The SMILES string of the molecule is Cc1oc(C2CCN(S(=O)(=O)c3ccc(F)c(F)c3)CC2)nc1C(=O)N(C)C. The molecule has 1 aliphatic rings. The Labute approximate surface area is 162 Å². The van der Waals surface area contributed by atoms with Crippen LogP contribution in [-0.2, 0) is 10.0 Å². The third-order valence-corrected chi connectivity index (χ3v) is 6.65. The van der Waals surface area contributed by atoms with Gasteiger partial charge >= 0.3 is 0 Å². The number of sulfonamides is 1. The molecule has 0 unspecified atom stereocenters. The molecule has 152 valence electrons. The van der Waals surface area contributed by atoms with Gasteiger partial charge in [-0.25, -0.2) is 22.2 Å². The summed E-state index contributed by atoms with van der Waals surface area (Å²) in [5.74, 6) is -1.85. The number of aryl methyl sites for hydroxylation is 1. The van der Waals surface area contributed by atoms with Gasteiger partial charge in [0.1, 0.15) is 5.76 Å². The average Bonchev–Trinajstić information content (AvgIpc) is 3.04. The van der Waals surface area contributed by atoms with Gasteiger partial charge in [0.15, 0.2) is 23.2 Å². The molecular weight excluding hydrogens is 392 g/mol. The van der Waals surface area contributed by atoms with Gasteiger partial charge in [0, 0.05) is 33.1 Å². The monoisotopic (exact) mass is 413 g/mol. The van der Waals surface area contributed by atoms with E-state index in [0.717, 1.165) is 12.1 Å². The van der Waals surface area contributed by atoms with Crippen LogP contribution in [0, 0.1) is 18.6 Å². The summed E-state index contributed by atoms with van der Waals surface area (Å²) in [5.41, 5.74) is 0.247. The maximum atomic E-state index is 13.4. The van der Waals surface area contributed by atoms with Crippen molar-refractivity contribution in [2.24, 2.45) is 0 Å². The molecule has 0 N–H and O–H groups in total. The van der Waals surface area contributed by atoms with Crippen molar-refractivity contribution < 1.29 is 26.4 Å². The van der Waals surface area contributed by atoms with Crippen LogP contribution in [0.5, 0.6) is 0 Å². The second kappa shape index (κ2) is 7.59. The topological polar surface area (TPSA) is 83.7 Å². The molecule has 7 nitrogen and oxygen atoms in total. The number of hydrogen-bond donors (Lipinski definition) is 0. The van der Waals surface area contributed by atoms with Crippen LogP contribution >= 0.6 is 0 Å². The Hall–Kier alpha value is -2.33. The molecule has 0 bridgehead atoms. The number of amides is 1. The van der Waals surface area contributed by atoms with Gasteiger partial charge in [-0.2, -0.15) is 4.31 Å². The molecule has 1 saturated heterocycles. The predicted molar refractivity (Wildman–Crippen MR) is 96.3 cm³/mol. The lowest BCUT2D eigenvalue weighted by molar-refractivity contribution is 0.0821. The van der Waals surface area contributed by atoms with E-state index in [1.807, 2.05) is 0 Å². The van der Waals surface area contributed by atoms with Crippen molar-refractivity contribution in [2.45, 2.75) is 30.6 Å². The number of nitrogens with zero attached hydrogens (tertiary/aromatic N) is 3. The van der Waals surface area contributed by atoms with E-state index in [0.29, 0.717) is 30.6 Å². The van der Waals surface area contributed by atoms with E-state index in [1.165, 1.54) is 9.21 Å². The summed E-state index contributed by atoms with van der Waals surface area (Å²) in [6.45, 7) is 2.03. The Morgan fingerprint density at radius 2 is 1.86 bits per heavy atom. The molecule has 2 heterocycles. The van der Waals surface area contributed by atoms with Crippen molar-refractivity contribution in [3.05, 3.63) is 47.2 Å². The highest BCUT2D eigenvalue weighted by molar-refractivity contribution is 7.89. The number of aromatic nitrogens is 1. The summed E-state index contributed by atoms with van der Waals surface area (Å²) >= 11 is 0. The third-order valence-electron chi connectivity index (χ3n) is 4.75. The molecule has 1 aliphatic heterocycles. The highest BCUT2D eigenvalue weighted by Crippen LogP contribution is 2.31. The maximum Gasteiger partial charge on any atom is 0.275 e. The van der Waals surface area contributed by atoms with Crippen LogP contribution in [0.25, 0.3) is 0 Å². The van der Waals surface area contributed by atoms with Crippen LogP contribution in [0.1, 0.15) is 40.9 Å². The number of halogens is 2. The van der Waals surface area contributed by atoms with E-state index in [1.54, 1.807) is 21.0 Å². The summed E-state index contributed by atoms with van der Waals surface area (Å²) < 4.78 is 58.7. The molecule has 1 aromatic heterocycles. The normalized spacial score (nSPS) is 16.3. The number of carbonyl (C=O) groups is 1. The van der Waals surface area contributed by atoms with E-state index in [9.17, 15) is 22.0 Å². The van der Waals surface area contributed by atoms with Gasteiger partial charge in [-0.05, 0) is 38.0 Å². The number of benzene rings is 1. The molecular formula is C18H21F2N3O4S. The number of carbonyl (C=O) groups excluding carboxylic acids is 1. The summed E-state index contributed by atoms with van der Waals surface area (Å²) in [4.78, 5) is 17.5. The van der Waals surface area contributed by atoms with Crippen LogP contribution in [0.4, 0.5) is 8.78 Å². The minimum Gasteiger partial charge on any atom is -0.445 e. The molecule has 28 heavy (non-hydrogen) atoms. The third kappa shape index (κ3) is 3.79. The first-order valence-corrected chi connectivity index (χ1v) is 10.2. The van der Waals surface area contributed by atoms with E-state index in [4.69, 9.17) is 4.42 Å². The fourth-order valence-electron chi connectivity index (χ4n) is 3.13. The van der Waals surface area contributed by atoms with Crippen LogP contribution in [0.3, 0.4) is 0 Å². The summed E-state index contributed by atoms with van der Waals surface area (Å²) in [6, 6.07) is 2.54. The van der Waals surface area contributed by atoms with Crippen molar-refractivity contribution in [1.82, 2.24) is 14.2 Å². The van der Waals surface area contributed by atoms with Crippen LogP contribution in [-0.4, -0.2) is 55.7 Å². The van der Waals surface area contributed by atoms with Crippen molar-refractivity contribution >= 4 is 15.9 Å². The number of hydrogen-bond acceptors (Lipinski definition) is 5. The van der Waals surface area contributed by atoms with Gasteiger partial charge in [-0.15, -0.1) is 0 Å². The Bertz CT molecular complexity index is 996.